The van der Waals surface area contributed by atoms with Crippen LogP contribution in [-0.2, 0) is 0 Å². The Balaban J connectivity index is 2.35. The zero-order chi connectivity index (χ0) is 12.0. The van der Waals surface area contributed by atoms with E-state index in [0.29, 0.717) is 6.04 Å². The van der Waals surface area contributed by atoms with Gasteiger partial charge in [0.25, 0.3) is 0 Å². The van der Waals surface area contributed by atoms with Crippen molar-refractivity contribution in [1.82, 2.24) is 4.90 Å². The van der Waals surface area contributed by atoms with E-state index in [0.717, 1.165) is 18.4 Å². The Kier molecular flexibility index (Phi) is 6.37. The van der Waals surface area contributed by atoms with Gasteiger partial charge in [0, 0.05) is 19.1 Å². The average molecular weight is 226 g/mol. The van der Waals surface area contributed by atoms with Crippen LogP contribution in [0.15, 0.2) is 0 Å². The van der Waals surface area contributed by atoms with E-state index in [-0.39, 0.29) is 0 Å². The summed E-state index contributed by atoms with van der Waals surface area (Å²) in [6, 6.07) is 0.637. The summed E-state index contributed by atoms with van der Waals surface area (Å²) in [5.41, 5.74) is 5.92. The van der Waals surface area contributed by atoms with Gasteiger partial charge in [0.15, 0.2) is 0 Å². The summed E-state index contributed by atoms with van der Waals surface area (Å²) < 4.78 is 0. The first-order valence-corrected chi connectivity index (χ1v) is 7.13. The van der Waals surface area contributed by atoms with Crippen LogP contribution in [0.25, 0.3) is 0 Å². The van der Waals surface area contributed by atoms with Crippen molar-refractivity contribution < 1.29 is 0 Å². The van der Waals surface area contributed by atoms with E-state index in [4.69, 9.17) is 5.73 Å². The fourth-order valence-electron chi connectivity index (χ4n) is 3.14. The highest BCUT2D eigenvalue weighted by atomic mass is 15.2. The third-order valence-corrected chi connectivity index (χ3v) is 3.99. The summed E-state index contributed by atoms with van der Waals surface area (Å²) in [7, 11) is 0. The highest BCUT2D eigenvalue weighted by Crippen LogP contribution is 2.26. The van der Waals surface area contributed by atoms with Gasteiger partial charge in [0.1, 0.15) is 0 Å². The fraction of sp³-hybridized carbons (Fsp3) is 1.00. The van der Waals surface area contributed by atoms with Gasteiger partial charge in [0.05, 0.1) is 0 Å². The van der Waals surface area contributed by atoms with Gasteiger partial charge in [-0.05, 0) is 31.2 Å². The number of hydrogen-bond donors (Lipinski definition) is 1. The highest BCUT2D eigenvalue weighted by Gasteiger charge is 2.30. The molecule has 3 unspecified atom stereocenters. The molecule has 1 aliphatic rings. The zero-order valence-electron chi connectivity index (χ0n) is 11.4. The number of rotatable bonds is 6. The van der Waals surface area contributed by atoms with Crippen molar-refractivity contribution in [3.63, 3.8) is 0 Å². The Morgan fingerprint density at radius 1 is 1.19 bits per heavy atom. The molecule has 0 aromatic heterocycles. The molecule has 2 heteroatoms. The van der Waals surface area contributed by atoms with Crippen LogP contribution in [0, 0.1) is 11.8 Å². The zero-order valence-corrected chi connectivity index (χ0v) is 11.4. The Morgan fingerprint density at radius 3 is 2.56 bits per heavy atom. The van der Waals surface area contributed by atoms with Crippen LogP contribution >= 0.6 is 0 Å². The third-order valence-electron chi connectivity index (χ3n) is 3.99. The predicted molar refractivity (Wildman–Crippen MR) is 71.5 cm³/mol. The van der Waals surface area contributed by atoms with Crippen molar-refractivity contribution in [3.8, 4) is 0 Å². The number of piperidine rings is 1. The van der Waals surface area contributed by atoms with Gasteiger partial charge < -0.3 is 5.73 Å². The maximum absolute atomic E-state index is 5.92. The molecule has 0 saturated carbocycles. The predicted octanol–water partition coefficient (Wildman–Crippen LogP) is 2.87. The lowest BCUT2D eigenvalue weighted by Gasteiger charge is -2.42. The van der Waals surface area contributed by atoms with Crippen LogP contribution < -0.4 is 5.73 Å². The summed E-state index contributed by atoms with van der Waals surface area (Å²) in [4.78, 5) is 2.65. The van der Waals surface area contributed by atoms with Gasteiger partial charge in [-0.15, -0.1) is 0 Å². The van der Waals surface area contributed by atoms with Gasteiger partial charge >= 0.3 is 0 Å². The van der Waals surface area contributed by atoms with E-state index in [1.54, 1.807) is 0 Å². The smallest absolute Gasteiger partial charge is 0.0244 e. The first-order valence-electron chi connectivity index (χ1n) is 7.13. The summed E-state index contributed by atoms with van der Waals surface area (Å²) >= 11 is 0. The molecular formula is C14H30N2. The third kappa shape index (κ3) is 4.06. The summed E-state index contributed by atoms with van der Waals surface area (Å²) in [6.07, 6.45) is 6.80. The molecule has 96 valence electrons. The maximum Gasteiger partial charge on any atom is 0.0244 e. The van der Waals surface area contributed by atoms with Gasteiger partial charge in [-0.3, -0.25) is 4.90 Å². The lowest BCUT2D eigenvalue weighted by atomic mass is 9.85. The monoisotopic (exact) mass is 226 g/mol. The second kappa shape index (κ2) is 7.29. The van der Waals surface area contributed by atoms with Gasteiger partial charge in [-0.25, -0.2) is 0 Å². The molecule has 2 nitrogen and oxygen atoms in total. The van der Waals surface area contributed by atoms with Crippen molar-refractivity contribution in [2.45, 2.75) is 58.9 Å². The number of hydrogen-bond acceptors (Lipinski definition) is 2. The van der Waals surface area contributed by atoms with Gasteiger partial charge in [-0.1, -0.05) is 40.0 Å². The SMILES string of the molecule is CCCCCCN1CC(C)CC(C)C1CN. The molecule has 0 amide bonds. The lowest BCUT2D eigenvalue weighted by Crippen LogP contribution is -2.51. The molecule has 1 fully saturated rings. The van der Waals surface area contributed by atoms with Crippen molar-refractivity contribution in [2.24, 2.45) is 17.6 Å². The van der Waals surface area contributed by atoms with Gasteiger partial charge in [0.2, 0.25) is 0 Å². The molecule has 2 N–H and O–H groups in total. The average Bonchev–Trinajstić information content (AvgIpc) is 2.24. The molecule has 0 radical (unpaired) electrons. The van der Waals surface area contributed by atoms with Crippen LogP contribution in [0.5, 0.6) is 0 Å². The van der Waals surface area contributed by atoms with E-state index in [1.165, 1.54) is 45.2 Å². The molecule has 0 aliphatic carbocycles. The number of unbranched alkanes of at least 4 members (excludes halogenated alkanes) is 3. The molecule has 1 aliphatic heterocycles. The quantitative estimate of drug-likeness (QED) is 0.706. The highest BCUT2D eigenvalue weighted by molar-refractivity contribution is 4.85. The van der Waals surface area contributed by atoms with Crippen LogP contribution in [0.4, 0.5) is 0 Å². The molecule has 1 saturated heterocycles. The number of likely N-dealkylation sites (tertiary alicyclic amines) is 1. The molecule has 0 spiro atoms. The van der Waals surface area contributed by atoms with Crippen molar-refractivity contribution in [3.05, 3.63) is 0 Å². The largest absolute Gasteiger partial charge is 0.329 e. The van der Waals surface area contributed by atoms with Crippen molar-refractivity contribution in [2.75, 3.05) is 19.6 Å². The molecule has 1 rings (SSSR count). The first-order chi connectivity index (χ1) is 7.69. The molecule has 0 aromatic carbocycles. The normalized spacial score (nSPS) is 31.9. The van der Waals surface area contributed by atoms with E-state index < -0.39 is 0 Å². The maximum atomic E-state index is 5.92. The Labute approximate surface area is 102 Å². The van der Waals surface area contributed by atoms with Crippen LogP contribution in [0.3, 0.4) is 0 Å². The van der Waals surface area contributed by atoms with Crippen LogP contribution in [-0.4, -0.2) is 30.6 Å². The molecule has 16 heavy (non-hydrogen) atoms. The van der Waals surface area contributed by atoms with Crippen molar-refractivity contribution >= 4 is 0 Å². The van der Waals surface area contributed by atoms with Crippen LogP contribution in [0.2, 0.25) is 0 Å². The second-order valence-electron chi connectivity index (χ2n) is 5.68. The minimum Gasteiger partial charge on any atom is -0.329 e. The lowest BCUT2D eigenvalue weighted by molar-refractivity contribution is 0.0719. The minimum atomic E-state index is 0.637. The van der Waals surface area contributed by atoms with Crippen LogP contribution in [0.1, 0.15) is 52.9 Å². The molecule has 0 aromatic rings. The minimum absolute atomic E-state index is 0.637. The van der Waals surface area contributed by atoms with E-state index in [9.17, 15) is 0 Å². The fourth-order valence-corrected chi connectivity index (χ4v) is 3.14. The molecule has 3 atom stereocenters. The van der Waals surface area contributed by atoms with Gasteiger partial charge in [-0.2, -0.15) is 0 Å². The summed E-state index contributed by atoms with van der Waals surface area (Å²) in [5, 5.41) is 0. The van der Waals surface area contributed by atoms with E-state index in [1.807, 2.05) is 0 Å². The number of nitrogens with two attached hydrogens (primary N) is 1. The number of nitrogens with zero attached hydrogens (tertiary/aromatic N) is 1. The van der Waals surface area contributed by atoms with E-state index in [2.05, 4.69) is 25.7 Å². The Hall–Kier alpha value is -0.0800. The molecular weight excluding hydrogens is 196 g/mol. The standard InChI is InChI=1S/C14H30N2/c1-4-5-6-7-8-16-11-12(2)9-13(3)14(16)10-15/h12-14H,4-11,15H2,1-3H3. The second-order valence-corrected chi connectivity index (χ2v) is 5.68. The molecule has 1 heterocycles. The van der Waals surface area contributed by atoms with E-state index >= 15 is 0 Å². The Bertz CT molecular complexity index is 182. The topological polar surface area (TPSA) is 29.3 Å². The Morgan fingerprint density at radius 2 is 1.94 bits per heavy atom. The van der Waals surface area contributed by atoms with Crippen molar-refractivity contribution in [1.29, 1.82) is 0 Å². The molecule has 0 bridgehead atoms. The summed E-state index contributed by atoms with van der Waals surface area (Å²) in [6.45, 7) is 10.4. The summed E-state index contributed by atoms with van der Waals surface area (Å²) in [5.74, 6) is 1.63. The first kappa shape index (κ1) is 14.0.